The molecule has 0 spiro atoms. The lowest BCUT2D eigenvalue weighted by Crippen LogP contribution is -2.50. The molecule has 3 rings (SSSR count). The SMILES string of the molecule is Cc1ncccc1C(=O)N1CCN(C(=O)c2cccnc2C)CC1. The summed E-state index contributed by atoms with van der Waals surface area (Å²) in [6.07, 6.45) is 3.36. The highest BCUT2D eigenvalue weighted by molar-refractivity contribution is 5.96. The number of carbonyl (C=O) groups excluding carboxylic acids is 2. The molecule has 0 atom stereocenters. The normalized spacial score (nSPS) is 14.6. The van der Waals surface area contributed by atoms with E-state index >= 15 is 0 Å². The fourth-order valence-electron chi connectivity index (χ4n) is 2.87. The fourth-order valence-corrected chi connectivity index (χ4v) is 2.87. The number of rotatable bonds is 2. The number of carbonyl (C=O) groups is 2. The summed E-state index contributed by atoms with van der Waals surface area (Å²) in [7, 11) is 0. The van der Waals surface area contributed by atoms with Crippen LogP contribution in [0.4, 0.5) is 0 Å². The van der Waals surface area contributed by atoms with E-state index in [2.05, 4.69) is 9.97 Å². The van der Waals surface area contributed by atoms with Crippen molar-refractivity contribution in [1.82, 2.24) is 19.8 Å². The molecule has 0 saturated carbocycles. The van der Waals surface area contributed by atoms with Gasteiger partial charge in [0.25, 0.3) is 11.8 Å². The van der Waals surface area contributed by atoms with Crippen molar-refractivity contribution >= 4 is 11.8 Å². The molecule has 3 heterocycles. The predicted molar refractivity (Wildman–Crippen MR) is 89.8 cm³/mol. The third kappa shape index (κ3) is 3.13. The van der Waals surface area contributed by atoms with Crippen LogP contribution in [0.15, 0.2) is 36.7 Å². The summed E-state index contributed by atoms with van der Waals surface area (Å²) in [5.41, 5.74) is 2.71. The first-order valence-corrected chi connectivity index (χ1v) is 7.99. The van der Waals surface area contributed by atoms with Crippen LogP contribution in [-0.2, 0) is 0 Å². The molecule has 0 unspecified atom stereocenters. The first-order valence-electron chi connectivity index (χ1n) is 7.99. The molecule has 2 aromatic rings. The van der Waals surface area contributed by atoms with Gasteiger partial charge in [-0.1, -0.05) is 0 Å². The highest BCUT2D eigenvalue weighted by Gasteiger charge is 2.26. The van der Waals surface area contributed by atoms with Crippen LogP contribution in [0.5, 0.6) is 0 Å². The highest BCUT2D eigenvalue weighted by atomic mass is 16.2. The molecule has 2 amide bonds. The second-order valence-corrected chi connectivity index (χ2v) is 5.86. The monoisotopic (exact) mass is 324 g/mol. The standard InChI is InChI=1S/C18H20N4O2/c1-13-15(5-3-7-19-13)17(23)21-9-11-22(12-10-21)18(24)16-6-4-8-20-14(16)2/h3-8H,9-12H2,1-2H3. The number of hydrogen-bond acceptors (Lipinski definition) is 4. The second-order valence-electron chi connectivity index (χ2n) is 5.86. The average Bonchev–Trinajstić information content (AvgIpc) is 2.61. The third-order valence-electron chi connectivity index (χ3n) is 4.33. The Morgan fingerprint density at radius 2 is 1.17 bits per heavy atom. The van der Waals surface area contributed by atoms with Crippen LogP contribution in [-0.4, -0.2) is 57.8 Å². The third-order valence-corrected chi connectivity index (χ3v) is 4.33. The zero-order valence-corrected chi connectivity index (χ0v) is 13.9. The van der Waals surface area contributed by atoms with Gasteiger partial charge in [0.2, 0.25) is 0 Å². The van der Waals surface area contributed by atoms with Crippen LogP contribution >= 0.6 is 0 Å². The maximum absolute atomic E-state index is 12.6. The molecule has 0 aromatic carbocycles. The zero-order valence-electron chi connectivity index (χ0n) is 13.9. The summed E-state index contributed by atoms with van der Waals surface area (Å²) in [6.45, 7) is 5.77. The van der Waals surface area contributed by atoms with Crippen LogP contribution < -0.4 is 0 Å². The average molecular weight is 324 g/mol. The van der Waals surface area contributed by atoms with Gasteiger partial charge in [-0.25, -0.2) is 0 Å². The summed E-state index contributed by atoms with van der Waals surface area (Å²) in [5.74, 6) is -0.0458. The van der Waals surface area contributed by atoms with Crippen molar-refractivity contribution in [3.63, 3.8) is 0 Å². The van der Waals surface area contributed by atoms with Crippen molar-refractivity contribution in [2.24, 2.45) is 0 Å². The van der Waals surface area contributed by atoms with Gasteiger partial charge in [-0.2, -0.15) is 0 Å². The van der Waals surface area contributed by atoms with Gasteiger partial charge in [0.05, 0.1) is 11.1 Å². The number of nitrogens with zero attached hydrogens (tertiary/aromatic N) is 4. The van der Waals surface area contributed by atoms with E-state index in [9.17, 15) is 9.59 Å². The molecule has 0 radical (unpaired) electrons. The van der Waals surface area contributed by atoms with E-state index in [0.717, 1.165) is 11.4 Å². The van der Waals surface area contributed by atoms with E-state index in [0.29, 0.717) is 37.3 Å². The minimum absolute atomic E-state index is 0.0229. The number of hydrogen-bond donors (Lipinski definition) is 0. The van der Waals surface area contributed by atoms with Crippen LogP contribution in [0.3, 0.4) is 0 Å². The molecule has 0 N–H and O–H groups in total. The van der Waals surface area contributed by atoms with Crippen LogP contribution in [0, 0.1) is 13.8 Å². The number of aryl methyl sites for hydroxylation is 2. The molecular weight excluding hydrogens is 304 g/mol. The van der Waals surface area contributed by atoms with Gasteiger partial charge in [0.1, 0.15) is 0 Å². The largest absolute Gasteiger partial charge is 0.335 e. The Morgan fingerprint density at radius 3 is 1.50 bits per heavy atom. The number of aromatic nitrogens is 2. The van der Waals surface area contributed by atoms with Gasteiger partial charge in [0.15, 0.2) is 0 Å². The van der Waals surface area contributed by atoms with Crippen molar-refractivity contribution in [2.75, 3.05) is 26.2 Å². The van der Waals surface area contributed by atoms with Gasteiger partial charge in [-0.3, -0.25) is 19.6 Å². The lowest BCUT2D eigenvalue weighted by molar-refractivity contribution is 0.0534. The molecule has 2 aromatic heterocycles. The molecular formula is C18H20N4O2. The summed E-state index contributed by atoms with van der Waals surface area (Å²) in [5, 5.41) is 0. The van der Waals surface area contributed by atoms with E-state index in [1.165, 1.54) is 0 Å². The minimum Gasteiger partial charge on any atom is -0.335 e. The molecule has 1 aliphatic heterocycles. The first-order chi connectivity index (χ1) is 11.6. The van der Waals surface area contributed by atoms with Crippen molar-refractivity contribution < 1.29 is 9.59 Å². The summed E-state index contributed by atoms with van der Waals surface area (Å²) >= 11 is 0. The molecule has 1 fully saturated rings. The molecule has 0 aliphatic carbocycles. The Bertz CT molecular complexity index is 702. The van der Waals surface area contributed by atoms with Crippen LogP contribution in [0.25, 0.3) is 0 Å². The second kappa shape index (κ2) is 6.78. The minimum atomic E-state index is -0.0229. The maximum atomic E-state index is 12.6. The number of amides is 2. The summed E-state index contributed by atoms with van der Waals surface area (Å²) in [4.78, 5) is 37.1. The number of piperazine rings is 1. The zero-order chi connectivity index (χ0) is 17.1. The van der Waals surface area contributed by atoms with Crippen molar-refractivity contribution in [3.8, 4) is 0 Å². The quantitative estimate of drug-likeness (QED) is 0.843. The fraction of sp³-hybridized carbons (Fsp3) is 0.333. The van der Waals surface area contributed by atoms with Gasteiger partial charge in [-0.15, -0.1) is 0 Å². The Labute approximate surface area is 141 Å². The van der Waals surface area contributed by atoms with Crippen LogP contribution in [0.1, 0.15) is 32.1 Å². The van der Waals surface area contributed by atoms with Gasteiger partial charge < -0.3 is 9.80 Å². The van der Waals surface area contributed by atoms with E-state index in [1.807, 2.05) is 13.8 Å². The molecule has 6 nitrogen and oxygen atoms in total. The highest BCUT2D eigenvalue weighted by Crippen LogP contribution is 2.14. The maximum Gasteiger partial charge on any atom is 0.255 e. The number of pyridine rings is 2. The van der Waals surface area contributed by atoms with E-state index in [-0.39, 0.29) is 11.8 Å². The predicted octanol–water partition coefficient (Wildman–Crippen LogP) is 1.69. The molecule has 124 valence electrons. The Balaban J connectivity index is 1.66. The molecule has 24 heavy (non-hydrogen) atoms. The Kier molecular flexibility index (Phi) is 4.55. The summed E-state index contributed by atoms with van der Waals surface area (Å²) < 4.78 is 0. The van der Waals surface area contributed by atoms with E-state index in [4.69, 9.17) is 0 Å². The van der Waals surface area contributed by atoms with E-state index < -0.39 is 0 Å². The lowest BCUT2D eigenvalue weighted by atomic mass is 10.1. The lowest BCUT2D eigenvalue weighted by Gasteiger charge is -2.35. The Morgan fingerprint density at radius 1 is 0.792 bits per heavy atom. The molecule has 1 saturated heterocycles. The van der Waals surface area contributed by atoms with Gasteiger partial charge in [0, 0.05) is 50.0 Å². The first kappa shape index (κ1) is 16.1. The van der Waals surface area contributed by atoms with Gasteiger partial charge >= 0.3 is 0 Å². The van der Waals surface area contributed by atoms with E-state index in [1.54, 1.807) is 46.5 Å². The van der Waals surface area contributed by atoms with Crippen molar-refractivity contribution in [2.45, 2.75) is 13.8 Å². The summed E-state index contributed by atoms with van der Waals surface area (Å²) in [6, 6.07) is 7.12. The smallest absolute Gasteiger partial charge is 0.255 e. The molecule has 1 aliphatic rings. The Hall–Kier alpha value is -2.76. The van der Waals surface area contributed by atoms with Crippen molar-refractivity contribution in [3.05, 3.63) is 59.2 Å². The topological polar surface area (TPSA) is 66.4 Å². The van der Waals surface area contributed by atoms with Gasteiger partial charge in [-0.05, 0) is 38.1 Å². The molecule has 0 bridgehead atoms. The van der Waals surface area contributed by atoms with Crippen LogP contribution in [0.2, 0.25) is 0 Å². The molecule has 6 heteroatoms. The van der Waals surface area contributed by atoms with Crippen molar-refractivity contribution in [1.29, 1.82) is 0 Å².